The smallest absolute Gasteiger partial charge is 0.236 e. The van der Waals surface area contributed by atoms with E-state index in [0.29, 0.717) is 25.5 Å². The number of aromatic nitrogens is 2. The van der Waals surface area contributed by atoms with Crippen LogP contribution in [-0.2, 0) is 14.3 Å². The van der Waals surface area contributed by atoms with Gasteiger partial charge in [-0.3, -0.25) is 14.6 Å². The van der Waals surface area contributed by atoms with Crippen LogP contribution in [0.15, 0.2) is 42.4 Å². The summed E-state index contributed by atoms with van der Waals surface area (Å²) < 4.78 is 5.15. The number of carbonyl (C=O) groups is 2. The first-order valence-corrected chi connectivity index (χ1v) is 10.2. The number of dihydropyridines is 1. The van der Waals surface area contributed by atoms with Crippen molar-refractivity contribution in [3.63, 3.8) is 0 Å². The zero-order valence-electron chi connectivity index (χ0n) is 17.5. The van der Waals surface area contributed by atoms with Gasteiger partial charge >= 0.3 is 0 Å². The number of ether oxygens (including phenoxy) is 1. The molecule has 1 amide bonds. The number of fused-ring (bicyclic) bond motifs is 1. The maximum atomic E-state index is 12.4. The van der Waals surface area contributed by atoms with Crippen LogP contribution in [0.5, 0.6) is 0 Å². The number of pyridine rings is 2. The van der Waals surface area contributed by atoms with E-state index in [0.717, 1.165) is 34.0 Å². The molecule has 2 aliphatic heterocycles. The fourth-order valence-electron chi connectivity index (χ4n) is 3.60. The lowest BCUT2D eigenvalue weighted by Crippen LogP contribution is -2.49. The van der Waals surface area contributed by atoms with Gasteiger partial charge in [0.15, 0.2) is 5.78 Å². The van der Waals surface area contributed by atoms with Crippen molar-refractivity contribution in [2.45, 2.75) is 39.7 Å². The molecule has 0 saturated carbocycles. The lowest BCUT2D eigenvalue weighted by Gasteiger charge is -2.36. The molecule has 2 aromatic rings. The number of nitrogens with zero attached hydrogens (tertiary/aromatic N) is 2. The Morgan fingerprint density at radius 1 is 1.23 bits per heavy atom. The van der Waals surface area contributed by atoms with Crippen molar-refractivity contribution in [2.75, 3.05) is 18.5 Å². The highest BCUT2D eigenvalue weighted by molar-refractivity contribution is 5.97. The zero-order valence-corrected chi connectivity index (χ0v) is 17.5. The summed E-state index contributed by atoms with van der Waals surface area (Å²) in [6, 6.07) is 3.52. The van der Waals surface area contributed by atoms with Crippen LogP contribution in [0.2, 0.25) is 0 Å². The highest BCUT2D eigenvalue weighted by Crippen LogP contribution is 2.29. The number of allylic oxidation sites excluding steroid dienone is 2. The first-order chi connectivity index (χ1) is 14.4. The molecule has 0 radical (unpaired) electrons. The first-order valence-electron chi connectivity index (χ1n) is 10.2. The van der Waals surface area contributed by atoms with E-state index in [1.54, 1.807) is 12.4 Å². The van der Waals surface area contributed by atoms with Crippen molar-refractivity contribution in [1.29, 1.82) is 0 Å². The normalized spacial score (nSPS) is 19.9. The molecule has 7 nitrogen and oxygen atoms in total. The number of hydrogen-bond donors (Lipinski definition) is 2. The molecule has 30 heavy (non-hydrogen) atoms. The average Bonchev–Trinajstić information content (AvgIpc) is 2.71. The van der Waals surface area contributed by atoms with E-state index >= 15 is 0 Å². The molecular weight excluding hydrogens is 380 g/mol. The van der Waals surface area contributed by atoms with E-state index in [9.17, 15) is 9.59 Å². The lowest BCUT2D eigenvalue weighted by molar-refractivity contribution is -0.151. The van der Waals surface area contributed by atoms with Gasteiger partial charge in [0.25, 0.3) is 0 Å². The van der Waals surface area contributed by atoms with E-state index < -0.39 is 5.41 Å². The van der Waals surface area contributed by atoms with Crippen molar-refractivity contribution in [2.24, 2.45) is 5.41 Å². The van der Waals surface area contributed by atoms with Crippen LogP contribution >= 0.6 is 0 Å². The summed E-state index contributed by atoms with van der Waals surface area (Å²) in [6.07, 6.45) is 8.74. The molecule has 2 aromatic heterocycles. The Morgan fingerprint density at radius 2 is 1.97 bits per heavy atom. The quantitative estimate of drug-likeness (QED) is 0.765. The van der Waals surface area contributed by atoms with Crippen LogP contribution in [0.1, 0.15) is 39.3 Å². The third kappa shape index (κ3) is 3.85. The molecule has 0 bridgehead atoms. The summed E-state index contributed by atoms with van der Waals surface area (Å²) in [7, 11) is 0. The van der Waals surface area contributed by atoms with Crippen molar-refractivity contribution in [3.8, 4) is 0 Å². The molecule has 1 unspecified atom stereocenters. The molecule has 7 heteroatoms. The van der Waals surface area contributed by atoms with Gasteiger partial charge in [0.2, 0.25) is 5.91 Å². The minimum absolute atomic E-state index is 0.0865. The molecule has 2 aliphatic rings. The molecule has 4 heterocycles. The lowest BCUT2D eigenvalue weighted by atomic mass is 9.87. The summed E-state index contributed by atoms with van der Waals surface area (Å²) >= 11 is 0. The number of Topliss-reactive ketones (excluding diaryl/α,β-unsaturated/α-hetero) is 1. The summed E-state index contributed by atoms with van der Waals surface area (Å²) in [5.74, 6) is 0.610. The third-order valence-electron chi connectivity index (χ3n) is 5.60. The van der Waals surface area contributed by atoms with Gasteiger partial charge in [-0.05, 0) is 38.0 Å². The Kier molecular flexibility index (Phi) is 5.39. The van der Waals surface area contributed by atoms with Crippen LogP contribution in [0.3, 0.4) is 0 Å². The van der Waals surface area contributed by atoms with E-state index in [1.165, 1.54) is 0 Å². The number of nitrogens with one attached hydrogen (secondary N) is 2. The van der Waals surface area contributed by atoms with Crippen molar-refractivity contribution < 1.29 is 14.3 Å². The van der Waals surface area contributed by atoms with Crippen molar-refractivity contribution in [3.05, 3.63) is 48.1 Å². The number of ketones is 1. The summed E-state index contributed by atoms with van der Waals surface area (Å²) in [6.45, 7) is 6.73. The van der Waals surface area contributed by atoms with Gasteiger partial charge in [-0.25, -0.2) is 4.98 Å². The van der Waals surface area contributed by atoms with Crippen LogP contribution in [-0.4, -0.2) is 40.9 Å². The predicted molar refractivity (Wildman–Crippen MR) is 116 cm³/mol. The Bertz CT molecular complexity index is 1070. The fourth-order valence-corrected chi connectivity index (χ4v) is 3.60. The molecular formula is C23H26N4O3. The molecule has 4 rings (SSSR count). The van der Waals surface area contributed by atoms with E-state index in [2.05, 4.69) is 20.6 Å². The Hall–Kier alpha value is -3.06. The minimum atomic E-state index is -0.487. The number of anilines is 1. The van der Waals surface area contributed by atoms with Gasteiger partial charge in [-0.15, -0.1) is 0 Å². The van der Waals surface area contributed by atoms with Gasteiger partial charge in [0, 0.05) is 41.4 Å². The first kappa shape index (κ1) is 20.2. The van der Waals surface area contributed by atoms with Gasteiger partial charge in [-0.1, -0.05) is 13.0 Å². The molecule has 0 aliphatic carbocycles. The van der Waals surface area contributed by atoms with Crippen molar-refractivity contribution in [1.82, 2.24) is 15.3 Å². The average molecular weight is 406 g/mol. The maximum Gasteiger partial charge on any atom is 0.236 e. The third-order valence-corrected chi connectivity index (χ3v) is 5.60. The summed E-state index contributed by atoms with van der Waals surface area (Å²) in [4.78, 5) is 33.5. The maximum absolute atomic E-state index is 12.4. The van der Waals surface area contributed by atoms with Gasteiger partial charge < -0.3 is 15.4 Å². The van der Waals surface area contributed by atoms with Gasteiger partial charge in [0.1, 0.15) is 11.9 Å². The number of hydrogen-bond acceptors (Lipinski definition) is 6. The fraction of sp³-hybridized carbons (Fsp3) is 0.391. The summed E-state index contributed by atoms with van der Waals surface area (Å²) in [5.41, 5.74) is 2.29. The summed E-state index contributed by atoms with van der Waals surface area (Å²) in [5, 5.41) is 7.87. The SMILES string of the molecule is CCCC(=O)C1C=C(C)C(c2cc3cnc(NC(=O)C4(C)COC4)cc3cn2)=CN1. The van der Waals surface area contributed by atoms with Crippen molar-refractivity contribution >= 4 is 33.9 Å². The van der Waals surface area contributed by atoms with E-state index in [1.807, 2.05) is 45.2 Å². The molecule has 0 aromatic carbocycles. The number of carbonyl (C=O) groups excluding carboxylic acids is 2. The number of amides is 1. The van der Waals surface area contributed by atoms with Crippen LogP contribution in [0, 0.1) is 5.41 Å². The second-order valence-corrected chi connectivity index (χ2v) is 8.26. The highest BCUT2D eigenvalue weighted by Gasteiger charge is 2.41. The van der Waals surface area contributed by atoms with Gasteiger partial charge in [-0.2, -0.15) is 0 Å². The van der Waals surface area contributed by atoms with E-state index in [4.69, 9.17) is 4.74 Å². The second kappa shape index (κ2) is 7.99. The topological polar surface area (TPSA) is 93.2 Å². The molecule has 156 valence electrons. The van der Waals surface area contributed by atoms with Gasteiger partial charge in [0.05, 0.1) is 24.3 Å². The molecule has 1 saturated heterocycles. The van der Waals surface area contributed by atoms with Crippen LogP contribution in [0.25, 0.3) is 16.3 Å². The molecule has 1 fully saturated rings. The number of rotatable bonds is 6. The Morgan fingerprint density at radius 3 is 2.63 bits per heavy atom. The Balaban J connectivity index is 1.52. The van der Waals surface area contributed by atoms with Crippen LogP contribution in [0.4, 0.5) is 5.82 Å². The molecule has 2 N–H and O–H groups in total. The zero-order chi connectivity index (χ0) is 21.3. The molecule has 0 spiro atoms. The Labute approximate surface area is 175 Å². The largest absolute Gasteiger partial charge is 0.379 e. The molecule has 1 atom stereocenters. The van der Waals surface area contributed by atoms with Crippen LogP contribution < -0.4 is 10.6 Å². The van der Waals surface area contributed by atoms with E-state index in [-0.39, 0.29) is 17.7 Å². The predicted octanol–water partition coefficient (Wildman–Crippen LogP) is 3.23. The monoisotopic (exact) mass is 406 g/mol. The standard InChI is InChI=1S/C23H26N4O3/c1-4-5-20(28)19-6-14(2)17(11-25-19)18-7-15-10-26-21(8-16(15)9-24-18)27-22(29)23(3)12-30-13-23/h6-11,19,25H,4-5,12-13H2,1-3H3,(H,26,27,29). The second-order valence-electron chi connectivity index (χ2n) is 8.26. The highest BCUT2D eigenvalue weighted by atomic mass is 16.5. The minimum Gasteiger partial charge on any atom is -0.379 e.